The molecule has 0 radical (unpaired) electrons. The Hall–Kier alpha value is -3.36. The maximum absolute atomic E-state index is 13.7. The zero-order valence-corrected chi connectivity index (χ0v) is 17.0. The summed E-state index contributed by atoms with van der Waals surface area (Å²) in [5.74, 6) is 0.446. The van der Waals surface area contributed by atoms with Crippen molar-refractivity contribution in [2.75, 3.05) is 28.4 Å². The lowest BCUT2D eigenvalue weighted by atomic mass is 10.1. The van der Waals surface area contributed by atoms with Crippen LogP contribution in [0.3, 0.4) is 0 Å². The number of rotatable bonds is 7. The van der Waals surface area contributed by atoms with Gasteiger partial charge in [-0.1, -0.05) is 6.07 Å². The second-order valence-electron chi connectivity index (χ2n) is 5.85. The van der Waals surface area contributed by atoms with E-state index in [1.165, 1.54) is 46.6 Å². The zero-order valence-electron chi connectivity index (χ0n) is 17.0. The lowest BCUT2D eigenvalue weighted by Gasteiger charge is -2.14. The van der Waals surface area contributed by atoms with Crippen LogP contribution in [-0.2, 0) is 6.54 Å². The van der Waals surface area contributed by atoms with E-state index in [1.807, 2.05) is 0 Å². The van der Waals surface area contributed by atoms with Crippen LogP contribution in [0.4, 0.5) is 8.78 Å². The Labute approximate surface area is 168 Å². The van der Waals surface area contributed by atoms with Crippen LogP contribution in [0.1, 0.15) is 18.1 Å². The lowest BCUT2D eigenvalue weighted by Crippen LogP contribution is -2.34. The molecule has 0 aromatic heterocycles. The third kappa shape index (κ3) is 5.34. The summed E-state index contributed by atoms with van der Waals surface area (Å²) >= 11 is 0. The standard InChI is InChI=1S/C20H24F2N4O3/c1-12(13-9-17(27-3)19(29-5)18(10-13)28-4)25-26-20(23-2)24-11-14-15(21)7-6-8-16(14)22/h6-10H,11H2,1-5H3,(H2,23,24,26)/b25-12+. The van der Waals surface area contributed by atoms with E-state index >= 15 is 0 Å². The summed E-state index contributed by atoms with van der Waals surface area (Å²) in [6, 6.07) is 7.22. The molecule has 2 N–H and O–H groups in total. The number of aliphatic imine (C=N–C) groups is 1. The summed E-state index contributed by atoms with van der Waals surface area (Å²) in [4.78, 5) is 4.00. The molecule has 156 valence electrons. The van der Waals surface area contributed by atoms with E-state index in [9.17, 15) is 8.78 Å². The minimum absolute atomic E-state index is 0.0826. The van der Waals surface area contributed by atoms with Gasteiger partial charge in [0.05, 0.1) is 27.0 Å². The Morgan fingerprint density at radius 1 is 1.00 bits per heavy atom. The molecule has 0 aliphatic carbocycles. The van der Waals surface area contributed by atoms with Crippen LogP contribution in [0.15, 0.2) is 40.4 Å². The first-order chi connectivity index (χ1) is 13.9. The molecular formula is C20H24F2N4O3. The summed E-state index contributed by atoms with van der Waals surface area (Å²) in [5.41, 5.74) is 3.99. The van der Waals surface area contributed by atoms with Gasteiger partial charge in [0.2, 0.25) is 11.7 Å². The van der Waals surface area contributed by atoms with Crippen molar-refractivity contribution in [2.45, 2.75) is 13.5 Å². The molecule has 0 atom stereocenters. The van der Waals surface area contributed by atoms with E-state index in [1.54, 1.807) is 19.1 Å². The first-order valence-corrected chi connectivity index (χ1v) is 8.69. The molecule has 2 rings (SSSR count). The van der Waals surface area contributed by atoms with Crippen LogP contribution < -0.4 is 25.0 Å². The SMILES string of the molecule is C/N=C(/NCc1c(F)cccc1F)N/N=C(\C)c1cc(OC)c(OC)c(OC)c1. The van der Waals surface area contributed by atoms with Gasteiger partial charge in [0.25, 0.3) is 0 Å². The van der Waals surface area contributed by atoms with Crippen LogP contribution >= 0.6 is 0 Å². The molecule has 0 spiro atoms. The predicted molar refractivity (Wildman–Crippen MR) is 108 cm³/mol. The van der Waals surface area contributed by atoms with E-state index in [0.717, 1.165) is 5.56 Å². The highest BCUT2D eigenvalue weighted by molar-refractivity contribution is 6.00. The molecule has 0 saturated heterocycles. The van der Waals surface area contributed by atoms with E-state index in [0.29, 0.717) is 23.0 Å². The number of benzene rings is 2. The number of hydrogen-bond donors (Lipinski definition) is 2. The topological polar surface area (TPSA) is 76.5 Å². The number of nitrogens with zero attached hydrogens (tertiary/aromatic N) is 2. The van der Waals surface area contributed by atoms with Gasteiger partial charge in [-0.25, -0.2) is 14.2 Å². The number of methoxy groups -OCH3 is 3. The number of halogens is 2. The monoisotopic (exact) mass is 406 g/mol. The van der Waals surface area contributed by atoms with Crippen LogP contribution in [0.2, 0.25) is 0 Å². The van der Waals surface area contributed by atoms with Crippen molar-refractivity contribution in [1.82, 2.24) is 10.7 Å². The van der Waals surface area contributed by atoms with Crippen molar-refractivity contribution in [3.63, 3.8) is 0 Å². The Morgan fingerprint density at radius 3 is 2.07 bits per heavy atom. The lowest BCUT2D eigenvalue weighted by molar-refractivity contribution is 0.324. The van der Waals surface area contributed by atoms with Gasteiger partial charge in [0.1, 0.15) is 11.6 Å². The third-order valence-corrected chi connectivity index (χ3v) is 4.13. The molecule has 0 aliphatic rings. The molecular weight excluding hydrogens is 382 g/mol. The van der Waals surface area contributed by atoms with Crippen molar-refractivity contribution in [1.29, 1.82) is 0 Å². The maximum Gasteiger partial charge on any atom is 0.212 e. The fraction of sp³-hybridized carbons (Fsp3) is 0.300. The molecule has 0 heterocycles. The Balaban J connectivity index is 2.15. The van der Waals surface area contributed by atoms with Gasteiger partial charge in [0.15, 0.2) is 11.5 Å². The molecule has 0 aliphatic heterocycles. The minimum Gasteiger partial charge on any atom is -0.493 e. The first-order valence-electron chi connectivity index (χ1n) is 8.69. The fourth-order valence-electron chi connectivity index (χ4n) is 2.53. The Morgan fingerprint density at radius 2 is 1.59 bits per heavy atom. The molecule has 0 bridgehead atoms. The highest BCUT2D eigenvalue weighted by Crippen LogP contribution is 2.38. The van der Waals surface area contributed by atoms with Crippen LogP contribution in [-0.4, -0.2) is 40.0 Å². The summed E-state index contributed by atoms with van der Waals surface area (Å²) in [7, 11) is 6.10. The van der Waals surface area contributed by atoms with Crippen molar-refractivity contribution in [3.05, 3.63) is 53.1 Å². The normalized spacial score (nSPS) is 11.8. The molecule has 2 aromatic rings. The molecule has 0 fully saturated rings. The van der Waals surface area contributed by atoms with Gasteiger partial charge < -0.3 is 19.5 Å². The van der Waals surface area contributed by atoms with E-state index < -0.39 is 11.6 Å². The summed E-state index contributed by atoms with van der Waals surface area (Å²) in [5, 5.41) is 7.08. The van der Waals surface area contributed by atoms with Crippen LogP contribution in [0, 0.1) is 11.6 Å². The number of hydrazone groups is 1. The molecule has 2 aromatic carbocycles. The van der Waals surface area contributed by atoms with Gasteiger partial charge >= 0.3 is 0 Å². The van der Waals surface area contributed by atoms with Crippen molar-refractivity contribution in [3.8, 4) is 17.2 Å². The molecule has 0 amide bonds. The highest BCUT2D eigenvalue weighted by Gasteiger charge is 2.14. The summed E-state index contributed by atoms with van der Waals surface area (Å²) < 4.78 is 43.5. The van der Waals surface area contributed by atoms with Crippen LogP contribution in [0.25, 0.3) is 0 Å². The molecule has 9 heteroatoms. The van der Waals surface area contributed by atoms with Crippen LogP contribution in [0.5, 0.6) is 17.2 Å². The van der Waals surface area contributed by atoms with Gasteiger partial charge in [-0.3, -0.25) is 4.99 Å². The fourth-order valence-corrected chi connectivity index (χ4v) is 2.53. The molecule has 0 unspecified atom stereocenters. The Bertz CT molecular complexity index is 871. The number of hydrogen-bond acceptors (Lipinski definition) is 5. The second kappa shape index (κ2) is 10.3. The average molecular weight is 406 g/mol. The van der Waals surface area contributed by atoms with E-state index in [2.05, 4.69) is 20.8 Å². The molecule has 7 nitrogen and oxygen atoms in total. The summed E-state index contributed by atoms with van der Waals surface area (Å²) in [6.07, 6.45) is 0. The van der Waals surface area contributed by atoms with E-state index in [-0.39, 0.29) is 18.1 Å². The Kier molecular flexibility index (Phi) is 7.76. The molecule has 29 heavy (non-hydrogen) atoms. The quantitative estimate of drug-likeness (QED) is 0.420. The van der Waals surface area contributed by atoms with E-state index in [4.69, 9.17) is 14.2 Å². The maximum atomic E-state index is 13.7. The largest absolute Gasteiger partial charge is 0.493 e. The number of nitrogens with one attached hydrogen (secondary N) is 2. The van der Waals surface area contributed by atoms with Crippen molar-refractivity contribution < 1.29 is 23.0 Å². The van der Waals surface area contributed by atoms with Gasteiger partial charge in [-0.2, -0.15) is 5.10 Å². The minimum atomic E-state index is -0.634. The average Bonchev–Trinajstić information content (AvgIpc) is 2.73. The smallest absolute Gasteiger partial charge is 0.212 e. The highest BCUT2D eigenvalue weighted by atomic mass is 19.1. The van der Waals surface area contributed by atoms with Gasteiger partial charge in [-0.05, 0) is 31.2 Å². The predicted octanol–water partition coefficient (Wildman–Crippen LogP) is 3.08. The second-order valence-corrected chi connectivity index (χ2v) is 5.85. The number of ether oxygens (including phenoxy) is 3. The first kappa shape index (κ1) is 21.9. The number of guanidine groups is 1. The summed E-state index contributed by atoms with van der Waals surface area (Å²) in [6.45, 7) is 1.69. The third-order valence-electron chi connectivity index (χ3n) is 4.13. The van der Waals surface area contributed by atoms with Crippen molar-refractivity contribution in [2.24, 2.45) is 10.1 Å². The van der Waals surface area contributed by atoms with Gasteiger partial charge in [0, 0.05) is 24.7 Å². The zero-order chi connectivity index (χ0) is 21.4. The van der Waals surface area contributed by atoms with Gasteiger partial charge in [-0.15, -0.1) is 0 Å². The van der Waals surface area contributed by atoms with Crippen molar-refractivity contribution >= 4 is 11.7 Å². The molecule has 0 saturated carbocycles.